The molecule has 1 amide bonds. The molecule has 0 radical (unpaired) electrons. The van der Waals surface area contributed by atoms with Gasteiger partial charge >= 0.3 is 0 Å². The molecule has 1 aromatic rings. The zero-order valence-corrected chi connectivity index (χ0v) is 15.7. The van der Waals surface area contributed by atoms with Gasteiger partial charge in [0.05, 0.1) is 0 Å². The maximum absolute atomic E-state index is 12.8. The highest BCUT2D eigenvalue weighted by Crippen LogP contribution is 2.27. The first-order valence-corrected chi connectivity index (χ1v) is 8.83. The first-order chi connectivity index (χ1) is 10.3. The molecule has 0 spiro atoms. The molecule has 1 aromatic carbocycles. The first kappa shape index (κ1) is 17.5. The molecule has 0 aromatic heterocycles. The Kier molecular flexibility index (Phi) is 5.67. The molecule has 122 valence electrons. The van der Waals surface area contributed by atoms with E-state index in [1.54, 1.807) is 0 Å². The minimum Gasteiger partial charge on any atom is -0.337 e. The molecule has 1 heterocycles. The molecule has 1 fully saturated rings. The van der Waals surface area contributed by atoms with Gasteiger partial charge in [0.15, 0.2) is 0 Å². The van der Waals surface area contributed by atoms with Gasteiger partial charge in [-0.1, -0.05) is 36.7 Å². The number of halogens is 1. The van der Waals surface area contributed by atoms with Crippen LogP contribution in [0.15, 0.2) is 28.7 Å². The summed E-state index contributed by atoms with van der Waals surface area (Å²) in [4.78, 5) is 17.2. The van der Waals surface area contributed by atoms with Gasteiger partial charge in [0.2, 0.25) is 0 Å². The van der Waals surface area contributed by atoms with Crippen LogP contribution in [0.25, 0.3) is 0 Å². The molecule has 1 atom stereocenters. The molecule has 0 N–H and O–H groups in total. The van der Waals surface area contributed by atoms with Crippen LogP contribution in [0.4, 0.5) is 0 Å². The summed E-state index contributed by atoms with van der Waals surface area (Å²) in [6, 6.07) is 7.83. The SMILES string of the molecule is CN(C(=O)c1ccc(Br)cc1)C(CN1CCCC1)C(C)(C)C. The second-order valence-corrected chi connectivity index (χ2v) is 8.23. The average Bonchev–Trinajstić information content (AvgIpc) is 2.96. The monoisotopic (exact) mass is 366 g/mol. The van der Waals surface area contributed by atoms with Crippen molar-refractivity contribution in [2.24, 2.45) is 5.41 Å². The van der Waals surface area contributed by atoms with Crippen molar-refractivity contribution in [1.29, 1.82) is 0 Å². The van der Waals surface area contributed by atoms with Crippen molar-refractivity contribution in [1.82, 2.24) is 9.80 Å². The smallest absolute Gasteiger partial charge is 0.253 e. The summed E-state index contributed by atoms with van der Waals surface area (Å²) in [7, 11) is 1.94. The van der Waals surface area contributed by atoms with Crippen molar-refractivity contribution >= 4 is 21.8 Å². The van der Waals surface area contributed by atoms with Crippen LogP contribution in [0.5, 0.6) is 0 Å². The third-order valence-corrected chi connectivity index (χ3v) is 5.04. The second kappa shape index (κ2) is 7.14. The summed E-state index contributed by atoms with van der Waals surface area (Å²) < 4.78 is 0.996. The quantitative estimate of drug-likeness (QED) is 0.802. The van der Waals surface area contributed by atoms with E-state index in [0.717, 1.165) is 29.7 Å². The minimum absolute atomic E-state index is 0.0579. The van der Waals surface area contributed by atoms with Crippen molar-refractivity contribution in [2.45, 2.75) is 39.7 Å². The Morgan fingerprint density at radius 3 is 2.27 bits per heavy atom. The molecule has 2 rings (SSSR count). The van der Waals surface area contributed by atoms with Crippen LogP contribution in [-0.4, -0.2) is 48.4 Å². The highest BCUT2D eigenvalue weighted by Gasteiger charge is 2.33. The number of nitrogens with zero attached hydrogens (tertiary/aromatic N) is 2. The van der Waals surface area contributed by atoms with Gasteiger partial charge in [-0.2, -0.15) is 0 Å². The highest BCUT2D eigenvalue weighted by molar-refractivity contribution is 9.10. The number of rotatable bonds is 4. The molecule has 0 bridgehead atoms. The van der Waals surface area contributed by atoms with E-state index in [-0.39, 0.29) is 17.4 Å². The maximum atomic E-state index is 12.8. The van der Waals surface area contributed by atoms with E-state index in [4.69, 9.17) is 0 Å². The molecular weight excluding hydrogens is 340 g/mol. The fourth-order valence-corrected chi connectivity index (χ4v) is 3.39. The van der Waals surface area contributed by atoms with Gasteiger partial charge < -0.3 is 9.80 Å². The Hall–Kier alpha value is -0.870. The van der Waals surface area contributed by atoms with E-state index < -0.39 is 0 Å². The van der Waals surface area contributed by atoms with Gasteiger partial charge in [-0.05, 0) is 55.6 Å². The molecular formula is C18H27BrN2O. The Labute approximate surface area is 142 Å². The third kappa shape index (κ3) is 4.32. The lowest BCUT2D eigenvalue weighted by molar-refractivity contribution is 0.0519. The summed E-state index contributed by atoms with van der Waals surface area (Å²) >= 11 is 3.42. The number of carbonyl (C=O) groups is 1. The molecule has 1 saturated heterocycles. The van der Waals surface area contributed by atoms with E-state index in [1.807, 2.05) is 36.2 Å². The number of likely N-dealkylation sites (N-methyl/N-ethyl adjacent to an activating group) is 1. The summed E-state index contributed by atoms with van der Waals surface area (Å²) in [5.74, 6) is 0.103. The van der Waals surface area contributed by atoms with E-state index in [0.29, 0.717) is 0 Å². The number of carbonyl (C=O) groups excluding carboxylic acids is 1. The van der Waals surface area contributed by atoms with Crippen molar-refractivity contribution in [3.8, 4) is 0 Å². The van der Waals surface area contributed by atoms with Crippen molar-refractivity contribution in [3.05, 3.63) is 34.3 Å². The van der Waals surface area contributed by atoms with Crippen LogP contribution >= 0.6 is 15.9 Å². The van der Waals surface area contributed by atoms with E-state index in [2.05, 4.69) is 41.6 Å². The third-order valence-electron chi connectivity index (χ3n) is 4.51. The van der Waals surface area contributed by atoms with Crippen molar-refractivity contribution < 1.29 is 4.79 Å². The van der Waals surface area contributed by atoms with Crippen LogP contribution in [0.3, 0.4) is 0 Å². The van der Waals surface area contributed by atoms with Gasteiger partial charge in [0, 0.05) is 29.7 Å². The van der Waals surface area contributed by atoms with Gasteiger partial charge in [-0.3, -0.25) is 4.79 Å². The topological polar surface area (TPSA) is 23.6 Å². The van der Waals surface area contributed by atoms with E-state index in [1.165, 1.54) is 12.8 Å². The number of hydrogen-bond donors (Lipinski definition) is 0. The first-order valence-electron chi connectivity index (χ1n) is 8.04. The largest absolute Gasteiger partial charge is 0.337 e. The normalized spacial score (nSPS) is 17.5. The number of benzene rings is 1. The highest BCUT2D eigenvalue weighted by atomic mass is 79.9. The molecule has 22 heavy (non-hydrogen) atoms. The van der Waals surface area contributed by atoms with Gasteiger partial charge in [0.1, 0.15) is 0 Å². The molecule has 3 nitrogen and oxygen atoms in total. The van der Waals surface area contributed by atoms with Gasteiger partial charge in [0.25, 0.3) is 5.91 Å². The van der Waals surface area contributed by atoms with E-state index >= 15 is 0 Å². The Balaban J connectivity index is 2.14. The fourth-order valence-electron chi connectivity index (χ4n) is 3.12. The summed E-state index contributed by atoms with van der Waals surface area (Å²) in [5, 5.41) is 0. The molecule has 1 aliphatic heterocycles. The van der Waals surface area contributed by atoms with Crippen molar-refractivity contribution in [3.63, 3.8) is 0 Å². The number of amides is 1. The Morgan fingerprint density at radius 1 is 1.23 bits per heavy atom. The fraction of sp³-hybridized carbons (Fsp3) is 0.611. The minimum atomic E-state index is 0.0579. The summed E-state index contributed by atoms with van der Waals surface area (Å²) in [5.41, 5.74) is 0.809. The van der Waals surface area contributed by atoms with Crippen LogP contribution in [0, 0.1) is 5.41 Å². The van der Waals surface area contributed by atoms with Crippen LogP contribution in [-0.2, 0) is 0 Å². The zero-order valence-electron chi connectivity index (χ0n) is 14.1. The predicted molar refractivity (Wildman–Crippen MR) is 95.2 cm³/mol. The lowest BCUT2D eigenvalue weighted by atomic mass is 9.85. The average molecular weight is 367 g/mol. The van der Waals surface area contributed by atoms with Crippen LogP contribution < -0.4 is 0 Å². The maximum Gasteiger partial charge on any atom is 0.253 e. The second-order valence-electron chi connectivity index (χ2n) is 7.31. The Bertz CT molecular complexity index is 501. The Morgan fingerprint density at radius 2 is 1.77 bits per heavy atom. The number of likely N-dealkylation sites (tertiary alicyclic amines) is 1. The molecule has 0 saturated carbocycles. The molecule has 4 heteroatoms. The molecule has 0 aliphatic carbocycles. The molecule has 1 unspecified atom stereocenters. The van der Waals surface area contributed by atoms with Gasteiger partial charge in [-0.25, -0.2) is 0 Å². The number of hydrogen-bond acceptors (Lipinski definition) is 2. The molecule has 1 aliphatic rings. The zero-order chi connectivity index (χ0) is 16.3. The van der Waals surface area contributed by atoms with Crippen molar-refractivity contribution in [2.75, 3.05) is 26.7 Å². The van der Waals surface area contributed by atoms with Gasteiger partial charge in [-0.15, -0.1) is 0 Å². The summed E-state index contributed by atoms with van der Waals surface area (Å²) in [6.45, 7) is 9.94. The summed E-state index contributed by atoms with van der Waals surface area (Å²) in [6.07, 6.45) is 2.56. The van der Waals surface area contributed by atoms with E-state index in [9.17, 15) is 4.79 Å². The van der Waals surface area contributed by atoms with Crippen LogP contribution in [0.2, 0.25) is 0 Å². The lowest BCUT2D eigenvalue weighted by Gasteiger charge is -2.40. The lowest BCUT2D eigenvalue weighted by Crippen LogP contribution is -2.51. The predicted octanol–water partition coefficient (Wildman–Crippen LogP) is 4.03. The standard InChI is InChI=1S/C18H27BrN2O/c1-18(2,3)16(13-21-11-5-6-12-21)20(4)17(22)14-7-9-15(19)10-8-14/h7-10,16H,5-6,11-13H2,1-4H3. The van der Waals surface area contributed by atoms with Crippen LogP contribution in [0.1, 0.15) is 44.0 Å².